The van der Waals surface area contributed by atoms with Crippen LogP contribution < -0.4 is 10.1 Å². The van der Waals surface area contributed by atoms with Gasteiger partial charge in [-0.3, -0.25) is 4.79 Å². The Morgan fingerprint density at radius 2 is 1.77 bits per heavy atom. The summed E-state index contributed by atoms with van der Waals surface area (Å²) in [7, 11) is -3.24. The molecule has 0 saturated heterocycles. The monoisotopic (exact) mass is 383 g/mol. The van der Waals surface area contributed by atoms with Gasteiger partial charge in [0.25, 0.3) is 0 Å². The standard InChI is InChI=1S/C18H25NO6S/c1-26(23,24)15-9-7-14(8-10-15)25-13-5-6-16(20)19-18(17(21)22)11-3-2-4-12-18/h7-10H,2-6,11-13H2,1H3,(H,19,20)(H,21,22). The van der Waals surface area contributed by atoms with E-state index >= 15 is 0 Å². The lowest BCUT2D eigenvalue weighted by Gasteiger charge is -2.34. The molecule has 1 aromatic rings. The van der Waals surface area contributed by atoms with Gasteiger partial charge < -0.3 is 15.2 Å². The molecular formula is C18H25NO6S. The van der Waals surface area contributed by atoms with Crippen LogP contribution in [-0.4, -0.2) is 43.8 Å². The number of amides is 1. The van der Waals surface area contributed by atoms with Crippen molar-refractivity contribution >= 4 is 21.7 Å². The molecule has 0 spiro atoms. The Kier molecular flexibility index (Phi) is 6.63. The predicted octanol–water partition coefficient (Wildman–Crippen LogP) is 2.15. The molecule has 7 nitrogen and oxygen atoms in total. The lowest BCUT2D eigenvalue weighted by molar-refractivity contribution is -0.149. The number of carboxylic acid groups (broad SMARTS) is 1. The number of sulfone groups is 1. The summed E-state index contributed by atoms with van der Waals surface area (Å²) in [6.45, 7) is 0.283. The number of carbonyl (C=O) groups is 2. The molecule has 8 heteroatoms. The van der Waals surface area contributed by atoms with Crippen LogP contribution in [0.25, 0.3) is 0 Å². The molecule has 1 aliphatic rings. The van der Waals surface area contributed by atoms with E-state index in [9.17, 15) is 23.1 Å². The van der Waals surface area contributed by atoms with Gasteiger partial charge in [-0.05, 0) is 43.5 Å². The highest BCUT2D eigenvalue weighted by atomic mass is 32.2. The largest absolute Gasteiger partial charge is 0.494 e. The average molecular weight is 383 g/mol. The van der Waals surface area contributed by atoms with Crippen molar-refractivity contribution < 1.29 is 27.9 Å². The Labute approximate surface area is 153 Å². The van der Waals surface area contributed by atoms with Crippen molar-refractivity contribution in [2.45, 2.75) is 55.4 Å². The molecule has 2 N–H and O–H groups in total. The molecule has 1 aromatic carbocycles. The topological polar surface area (TPSA) is 110 Å². The van der Waals surface area contributed by atoms with Gasteiger partial charge in [0.1, 0.15) is 11.3 Å². The molecular weight excluding hydrogens is 358 g/mol. The summed E-state index contributed by atoms with van der Waals surface area (Å²) in [4.78, 5) is 23.9. The van der Waals surface area contributed by atoms with Crippen LogP contribution in [0, 0.1) is 0 Å². The lowest BCUT2D eigenvalue weighted by atomic mass is 9.81. The second-order valence-corrected chi connectivity index (χ2v) is 8.71. The first-order valence-electron chi connectivity index (χ1n) is 8.70. The number of hydrogen-bond donors (Lipinski definition) is 2. The van der Waals surface area contributed by atoms with Gasteiger partial charge in [0.05, 0.1) is 11.5 Å². The maximum absolute atomic E-state index is 12.1. The van der Waals surface area contributed by atoms with Crippen LogP contribution in [0.1, 0.15) is 44.9 Å². The Balaban J connectivity index is 1.77. The van der Waals surface area contributed by atoms with Crippen molar-refractivity contribution in [3.63, 3.8) is 0 Å². The van der Waals surface area contributed by atoms with E-state index in [1.54, 1.807) is 12.1 Å². The molecule has 1 fully saturated rings. The first-order chi connectivity index (χ1) is 12.2. The van der Waals surface area contributed by atoms with Crippen molar-refractivity contribution in [3.8, 4) is 5.75 Å². The number of hydrogen-bond acceptors (Lipinski definition) is 5. The van der Waals surface area contributed by atoms with Crippen LogP contribution in [0.3, 0.4) is 0 Å². The van der Waals surface area contributed by atoms with Gasteiger partial charge in [-0.15, -0.1) is 0 Å². The summed E-state index contributed by atoms with van der Waals surface area (Å²) in [6.07, 6.45) is 5.30. The summed E-state index contributed by atoms with van der Waals surface area (Å²) in [6, 6.07) is 6.07. The fraction of sp³-hybridized carbons (Fsp3) is 0.556. The Hall–Kier alpha value is -2.09. The summed E-state index contributed by atoms with van der Waals surface area (Å²) >= 11 is 0. The Morgan fingerprint density at radius 1 is 1.15 bits per heavy atom. The van der Waals surface area contributed by atoms with Crippen LogP contribution in [-0.2, 0) is 19.4 Å². The van der Waals surface area contributed by atoms with Crippen LogP contribution >= 0.6 is 0 Å². The maximum atomic E-state index is 12.1. The predicted molar refractivity (Wildman–Crippen MR) is 95.9 cm³/mol. The van der Waals surface area contributed by atoms with Crippen molar-refractivity contribution in [3.05, 3.63) is 24.3 Å². The van der Waals surface area contributed by atoms with E-state index in [1.165, 1.54) is 12.1 Å². The molecule has 0 radical (unpaired) electrons. The van der Waals surface area contributed by atoms with E-state index in [4.69, 9.17) is 4.74 Å². The second-order valence-electron chi connectivity index (χ2n) is 6.69. The molecule has 0 unspecified atom stereocenters. The molecule has 0 aromatic heterocycles. The van der Waals surface area contributed by atoms with Gasteiger partial charge >= 0.3 is 5.97 Å². The SMILES string of the molecule is CS(=O)(=O)c1ccc(OCCCC(=O)NC2(C(=O)O)CCCCC2)cc1. The van der Waals surface area contributed by atoms with Gasteiger partial charge in [-0.25, -0.2) is 13.2 Å². The third-order valence-electron chi connectivity index (χ3n) is 4.56. The second kappa shape index (κ2) is 8.53. The third-order valence-corrected chi connectivity index (χ3v) is 5.69. The molecule has 0 aliphatic heterocycles. The molecule has 2 rings (SSSR count). The van der Waals surface area contributed by atoms with E-state index < -0.39 is 21.3 Å². The molecule has 1 aliphatic carbocycles. The highest BCUT2D eigenvalue weighted by molar-refractivity contribution is 7.90. The Bertz CT molecular complexity index is 735. The fourth-order valence-electron chi connectivity index (χ4n) is 3.08. The molecule has 1 saturated carbocycles. The third kappa shape index (κ3) is 5.45. The number of ether oxygens (including phenoxy) is 1. The first-order valence-corrected chi connectivity index (χ1v) is 10.6. The highest BCUT2D eigenvalue weighted by Gasteiger charge is 2.40. The van der Waals surface area contributed by atoms with Gasteiger partial charge in [-0.1, -0.05) is 19.3 Å². The number of rotatable bonds is 8. The molecule has 144 valence electrons. The quantitative estimate of drug-likeness (QED) is 0.666. The number of carboxylic acids is 1. The van der Waals surface area contributed by atoms with Crippen molar-refractivity contribution in [2.75, 3.05) is 12.9 Å². The summed E-state index contributed by atoms with van der Waals surface area (Å²) in [5, 5.41) is 12.1. The minimum Gasteiger partial charge on any atom is -0.494 e. The van der Waals surface area contributed by atoms with E-state index in [2.05, 4.69) is 5.32 Å². The first kappa shape index (κ1) is 20.2. The van der Waals surface area contributed by atoms with E-state index in [-0.39, 0.29) is 23.8 Å². The van der Waals surface area contributed by atoms with Crippen LogP contribution in [0.5, 0.6) is 5.75 Å². The van der Waals surface area contributed by atoms with Crippen LogP contribution in [0.2, 0.25) is 0 Å². The zero-order chi connectivity index (χ0) is 19.2. The molecule has 0 atom stereocenters. The van der Waals surface area contributed by atoms with E-state index in [0.29, 0.717) is 25.0 Å². The molecule has 0 heterocycles. The zero-order valence-electron chi connectivity index (χ0n) is 14.9. The zero-order valence-corrected chi connectivity index (χ0v) is 15.7. The summed E-state index contributed by atoms with van der Waals surface area (Å²) in [5.74, 6) is -0.731. The number of nitrogens with one attached hydrogen (secondary N) is 1. The van der Waals surface area contributed by atoms with Crippen molar-refractivity contribution in [1.29, 1.82) is 0 Å². The summed E-state index contributed by atoms with van der Waals surface area (Å²) < 4.78 is 28.3. The highest BCUT2D eigenvalue weighted by Crippen LogP contribution is 2.28. The fourth-order valence-corrected chi connectivity index (χ4v) is 3.71. The van der Waals surface area contributed by atoms with Gasteiger partial charge in [0.2, 0.25) is 5.91 Å². The number of aliphatic carboxylic acids is 1. The molecule has 1 amide bonds. The lowest BCUT2D eigenvalue weighted by Crippen LogP contribution is -2.55. The number of carbonyl (C=O) groups excluding carboxylic acids is 1. The molecule has 26 heavy (non-hydrogen) atoms. The van der Waals surface area contributed by atoms with Crippen molar-refractivity contribution in [1.82, 2.24) is 5.32 Å². The smallest absolute Gasteiger partial charge is 0.329 e. The molecule has 0 bridgehead atoms. The average Bonchev–Trinajstić information content (AvgIpc) is 2.59. The van der Waals surface area contributed by atoms with Crippen LogP contribution in [0.4, 0.5) is 0 Å². The van der Waals surface area contributed by atoms with E-state index in [1.807, 2.05) is 0 Å². The van der Waals surface area contributed by atoms with Gasteiger partial charge in [-0.2, -0.15) is 0 Å². The van der Waals surface area contributed by atoms with Gasteiger partial charge in [0.15, 0.2) is 9.84 Å². The van der Waals surface area contributed by atoms with Gasteiger partial charge in [0, 0.05) is 12.7 Å². The van der Waals surface area contributed by atoms with Crippen LogP contribution in [0.15, 0.2) is 29.2 Å². The van der Waals surface area contributed by atoms with E-state index in [0.717, 1.165) is 25.5 Å². The van der Waals surface area contributed by atoms with Crippen molar-refractivity contribution in [2.24, 2.45) is 0 Å². The minimum atomic E-state index is -3.24. The Morgan fingerprint density at radius 3 is 2.31 bits per heavy atom. The number of benzene rings is 1. The summed E-state index contributed by atoms with van der Waals surface area (Å²) in [5.41, 5.74) is -1.13. The normalized spacial score (nSPS) is 16.7. The maximum Gasteiger partial charge on any atom is 0.329 e. The minimum absolute atomic E-state index is 0.177.